The smallest absolute Gasteiger partial charge is 0.135 e. The van der Waals surface area contributed by atoms with Crippen molar-refractivity contribution >= 4 is 39.5 Å². The molecule has 3 atom stereocenters. The van der Waals surface area contributed by atoms with Gasteiger partial charge >= 0.3 is 0 Å². The van der Waals surface area contributed by atoms with Gasteiger partial charge in [0.2, 0.25) is 0 Å². The van der Waals surface area contributed by atoms with Gasteiger partial charge in [0.05, 0.1) is 16.8 Å². The highest BCUT2D eigenvalue weighted by Gasteiger charge is 2.34. The molecule has 0 aromatic carbocycles. The van der Waals surface area contributed by atoms with Gasteiger partial charge in [-0.15, -0.1) is 0 Å². The number of nitrogens with one attached hydrogen (secondary N) is 1. The monoisotopic (exact) mass is 335 g/mol. The van der Waals surface area contributed by atoms with Crippen LogP contribution in [0.25, 0.3) is 0 Å². The van der Waals surface area contributed by atoms with Crippen LogP contribution >= 0.6 is 39.5 Å². The van der Waals surface area contributed by atoms with Crippen molar-refractivity contribution in [3.8, 4) is 0 Å². The second-order valence-electron chi connectivity index (χ2n) is 4.05. The molecule has 17 heavy (non-hydrogen) atoms. The Morgan fingerprint density at radius 1 is 1.53 bits per heavy atom. The third-order valence-corrected chi connectivity index (χ3v) is 7.07. The van der Waals surface area contributed by atoms with Crippen LogP contribution < -0.4 is 5.32 Å². The molecule has 2 nitrogen and oxygen atoms in total. The van der Waals surface area contributed by atoms with Crippen molar-refractivity contribution in [1.29, 1.82) is 0 Å². The summed E-state index contributed by atoms with van der Waals surface area (Å²) in [5.74, 6) is 3.54. The molecule has 0 bridgehead atoms. The molecule has 1 aromatic rings. The average molecular weight is 336 g/mol. The molecule has 0 radical (unpaired) electrons. The third kappa shape index (κ3) is 3.06. The summed E-state index contributed by atoms with van der Waals surface area (Å²) < 4.78 is 6.70. The summed E-state index contributed by atoms with van der Waals surface area (Å²) >= 11 is 7.74. The van der Waals surface area contributed by atoms with Crippen molar-refractivity contribution in [3.63, 3.8) is 0 Å². The fourth-order valence-electron chi connectivity index (χ4n) is 2.22. The van der Waals surface area contributed by atoms with E-state index in [0.29, 0.717) is 16.5 Å². The van der Waals surface area contributed by atoms with Gasteiger partial charge in [-0.05, 0) is 35.5 Å². The van der Waals surface area contributed by atoms with E-state index in [2.05, 4.69) is 51.7 Å². The molecule has 1 N–H and O–H groups in total. The summed E-state index contributed by atoms with van der Waals surface area (Å²) in [7, 11) is 2.02. The van der Waals surface area contributed by atoms with E-state index in [0.717, 1.165) is 10.2 Å². The van der Waals surface area contributed by atoms with Crippen molar-refractivity contribution < 1.29 is 4.42 Å². The van der Waals surface area contributed by atoms with E-state index in [9.17, 15) is 0 Å². The molecule has 2 heterocycles. The van der Waals surface area contributed by atoms with Gasteiger partial charge < -0.3 is 9.73 Å². The minimum absolute atomic E-state index is 0.294. The predicted molar refractivity (Wildman–Crippen MR) is 81.0 cm³/mol. The maximum atomic E-state index is 5.63. The zero-order chi connectivity index (χ0) is 12.3. The fraction of sp³-hybridized carbons (Fsp3) is 0.667. The van der Waals surface area contributed by atoms with E-state index < -0.39 is 0 Å². The summed E-state index contributed by atoms with van der Waals surface area (Å²) in [4.78, 5) is 0. The maximum Gasteiger partial charge on any atom is 0.135 e. The molecule has 1 aromatic heterocycles. The standard InChI is InChI=1S/C12H18BrNOS2/c1-3-9-12(17-7-6-16-9)10(14-2)11-8(13)4-5-15-11/h4-5,9-10,12,14H,3,6-7H2,1-2H3. The van der Waals surface area contributed by atoms with Gasteiger partial charge in [0, 0.05) is 22.0 Å². The molecule has 0 aliphatic carbocycles. The van der Waals surface area contributed by atoms with Gasteiger partial charge in [-0.1, -0.05) is 6.92 Å². The zero-order valence-corrected chi connectivity index (χ0v) is 13.3. The van der Waals surface area contributed by atoms with E-state index in [1.807, 2.05) is 13.1 Å². The van der Waals surface area contributed by atoms with Crippen molar-refractivity contribution in [2.45, 2.75) is 29.9 Å². The molecule has 0 saturated carbocycles. The average Bonchev–Trinajstić information content (AvgIpc) is 2.78. The topological polar surface area (TPSA) is 25.2 Å². The molecular weight excluding hydrogens is 318 g/mol. The third-order valence-electron chi connectivity index (χ3n) is 3.06. The SMILES string of the molecule is CCC1SCCSC1C(NC)c1occc1Br. The van der Waals surface area contributed by atoms with Crippen LogP contribution in [0.1, 0.15) is 25.1 Å². The second kappa shape index (κ2) is 6.55. The minimum Gasteiger partial charge on any atom is -0.466 e. The summed E-state index contributed by atoms with van der Waals surface area (Å²) in [5.41, 5.74) is 0. The number of hydrogen-bond acceptors (Lipinski definition) is 4. The van der Waals surface area contributed by atoms with E-state index in [1.54, 1.807) is 6.26 Å². The number of halogens is 1. The fourth-order valence-corrected chi connectivity index (χ4v) is 5.92. The first-order chi connectivity index (χ1) is 8.27. The Morgan fingerprint density at radius 2 is 2.29 bits per heavy atom. The Labute approximate surface area is 120 Å². The van der Waals surface area contributed by atoms with Crippen LogP contribution in [0.2, 0.25) is 0 Å². The van der Waals surface area contributed by atoms with Crippen LogP contribution in [0.3, 0.4) is 0 Å². The molecule has 0 spiro atoms. The van der Waals surface area contributed by atoms with Crippen LogP contribution in [0, 0.1) is 0 Å². The molecule has 1 aliphatic heterocycles. The lowest BCUT2D eigenvalue weighted by atomic mass is 10.1. The molecule has 5 heteroatoms. The number of furan rings is 1. The van der Waals surface area contributed by atoms with Crippen molar-refractivity contribution in [2.24, 2.45) is 0 Å². The van der Waals surface area contributed by atoms with Gasteiger partial charge in [0.25, 0.3) is 0 Å². The lowest BCUT2D eigenvalue weighted by Crippen LogP contribution is -2.37. The molecule has 1 fully saturated rings. The van der Waals surface area contributed by atoms with Crippen LogP contribution in [-0.2, 0) is 0 Å². The van der Waals surface area contributed by atoms with Gasteiger partial charge in [-0.2, -0.15) is 23.5 Å². The van der Waals surface area contributed by atoms with Crippen LogP contribution in [0.15, 0.2) is 21.2 Å². The highest BCUT2D eigenvalue weighted by Crippen LogP contribution is 2.41. The van der Waals surface area contributed by atoms with E-state index >= 15 is 0 Å². The van der Waals surface area contributed by atoms with E-state index in [4.69, 9.17) is 4.42 Å². The predicted octanol–water partition coefficient (Wildman–Crippen LogP) is 3.93. The van der Waals surface area contributed by atoms with Crippen LogP contribution in [0.4, 0.5) is 0 Å². The van der Waals surface area contributed by atoms with Crippen molar-refractivity contribution in [1.82, 2.24) is 5.32 Å². The quantitative estimate of drug-likeness (QED) is 0.901. The molecule has 1 aliphatic rings. The Kier molecular flexibility index (Phi) is 5.33. The Bertz CT molecular complexity index is 358. The van der Waals surface area contributed by atoms with Crippen molar-refractivity contribution in [2.75, 3.05) is 18.6 Å². The van der Waals surface area contributed by atoms with Gasteiger partial charge in [-0.25, -0.2) is 0 Å². The highest BCUT2D eigenvalue weighted by molar-refractivity contribution is 9.10. The lowest BCUT2D eigenvalue weighted by molar-refractivity contribution is 0.414. The van der Waals surface area contributed by atoms with E-state index in [-0.39, 0.29) is 0 Å². The van der Waals surface area contributed by atoms with Gasteiger partial charge in [0.1, 0.15) is 5.76 Å². The normalized spacial score (nSPS) is 27.0. The van der Waals surface area contributed by atoms with E-state index in [1.165, 1.54) is 17.9 Å². The Hall–Kier alpha value is 0.420. The van der Waals surface area contributed by atoms with Gasteiger partial charge in [-0.3, -0.25) is 0 Å². The van der Waals surface area contributed by atoms with Crippen molar-refractivity contribution in [3.05, 3.63) is 22.6 Å². The first kappa shape index (κ1) is 13.8. The molecular formula is C12H18BrNOS2. The number of hydrogen-bond donors (Lipinski definition) is 1. The van der Waals surface area contributed by atoms with Crippen LogP contribution in [-0.4, -0.2) is 29.1 Å². The number of rotatable bonds is 4. The molecule has 96 valence electrons. The number of thioether (sulfide) groups is 2. The largest absolute Gasteiger partial charge is 0.466 e. The summed E-state index contributed by atoms with van der Waals surface area (Å²) in [6.45, 7) is 2.28. The maximum absolute atomic E-state index is 5.63. The molecule has 2 rings (SSSR count). The second-order valence-corrected chi connectivity index (χ2v) is 7.54. The first-order valence-electron chi connectivity index (χ1n) is 5.91. The summed E-state index contributed by atoms with van der Waals surface area (Å²) in [5, 5.41) is 4.72. The Balaban J connectivity index is 2.19. The summed E-state index contributed by atoms with van der Waals surface area (Å²) in [6, 6.07) is 2.27. The Morgan fingerprint density at radius 3 is 2.88 bits per heavy atom. The molecule has 3 unspecified atom stereocenters. The molecule has 1 saturated heterocycles. The van der Waals surface area contributed by atoms with Crippen LogP contribution in [0.5, 0.6) is 0 Å². The minimum atomic E-state index is 0.294. The lowest BCUT2D eigenvalue weighted by Gasteiger charge is -2.35. The first-order valence-corrected chi connectivity index (χ1v) is 8.80. The van der Waals surface area contributed by atoms with Gasteiger partial charge in [0.15, 0.2) is 0 Å². The summed E-state index contributed by atoms with van der Waals surface area (Å²) in [6.07, 6.45) is 2.98. The zero-order valence-electron chi connectivity index (χ0n) is 10.1. The molecule has 0 amide bonds. The highest BCUT2D eigenvalue weighted by atomic mass is 79.9.